The van der Waals surface area contributed by atoms with E-state index in [2.05, 4.69) is 35.9 Å². The Morgan fingerprint density at radius 1 is 1.30 bits per heavy atom. The summed E-state index contributed by atoms with van der Waals surface area (Å²) >= 11 is 0. The molecule has 0 amide bonds. The maximum absolute atomic E-state index is 11.5. The van der Waals surface area contributed by atoms with E-state index in [0.29, 0.717) is 12.8 Å². The number of benzene rings is 1. The van der Waals surface area contributed by atoms with Crippen molar-refractivity contribution in [1.82, 2.24) is 9.88 Å². The van der Waals surface area contributed by atoms with Gasteiger partial charge in [0.15, 0.2) is 0 Å². The number of nitrogens with zero attached hydrogens (tertiary/aromatic N) is 1. The second-order valence-electron chi connectivity index (χ2n) is 6.60. The quantitative estimate of drug-likeness (QED) is 0.856. The number of hydrogen-bond acceptors (Lipinski definition) is 2. The van der Waals surface area contributed by atoms with Crippen LogP contribution in [0.15, 0.2) is 12.1 Å². The minimum atomic E-state index is -0.689. The van der Waals surface area contributed by atoms with Crippen LogP contribution in [0, 0.1) is 12.8 Å². The first-order valence-electron chi connectivity index (χ1n) is 8.63. The Bertz CT molecular complexity index is 746. The molecule has 1 aromatic heterocycles. The summed E-state index contributed by atoms with van der Waals surface area (Å²) in [6.07, 6.45) is 2.37. The standard InChI is InChI=1S/C19H26N2O2/c1-4-6-21-12(3)16(7-13(5-2)19(22)23)17-8-14-10-20-11-15(14)9-18(17)21/h8-9,13,20H,4-7,10-11H2,1-3H3,(H,22,23). The molecule has 23 heavy (non-hydrogen) atoms. The predicted molar refractivity (Wildman–Crippen MR) is 92.6 cm³/mol. The van der Waals surface area contributed by atoms with Crippen molar-refractivity contribution in [3.8, 4) is 0 Å². The predicted octanol–water partition coefficient (Wildman–Crippen LogP) is 3.62. The molecule has 1 atom stereocenters. The number of carbonyl (C=O) groups is 1. The van der Waals surface area contributed by atoms with Crippen LogP contribution in [0.4, 0.5) is 0 Å². The van der Waals surface area contributed by atoms with Gasteiger partial charge in [0.2, 0.25) is 0 Å². The zero-order valence-electron chi connectivity index (χ0n) is 14.3. The monoisotopic (exact) mass is 314 g/mol. The molecule has 1 unspecified atom stereocenters. The zero-order chi connectivity index (χ0) is 16.6. The topological polar surface area (TPSA) is 54.3 Å². The molecule has 124 valence electrons. The molecule has 4 heteroatoms. The van der Waals surface area contributed by atoms with Crippen LogP contribution in [-0.4, -0.2) is 15.6 Å². The second-order valence-corrected chi connectivity index (χ2v) is 6.60. The molecule has 0 saturated heterocycles. The first-order chi connectivity index (χ1) is 11.1. The number of carboxylic acids is 1. The Morgan fingerprint density at radius 2 is 2.00 bits per heavy atom. The van der Waals surface area contributed by atoms with Crippen molar-refractivity contribution in [3.05, 3.63) is 34.5 Å². The van der Waals surface area contributed by atoms with E-state index in [4.69, 9.17) is 0 Å². The fourth-order valence-electron chi connectivity index (χ4n) is 3.76. The van der Waals surface area contributed by atoms with Gasteiger partial charge in [-0.25, -0.2) is 0 Å². The summed E-state index contributed by atoms with van der Waals surface area (Å²) in [6, 6.07) is 4.59. The number of aromatic nitrogens is 1. The highest BCUT2D eigenvalue weighted by Crippen LogP contribution is 2.32. The molecule has 4 nitrogen and oxygen atoms in total. The Morgan fingerprint density at radius 3 is 2.61 bits per heavy atom. The summed E-state index contributed by atoms with van der Waals surface area (Å²) in [6.45, 7) is 9.12. The first-order valence-corrected chi connectivity index (χ1v) is 8.63. The highest BCUT2D eigenvalue weighted by molar-refractivity contribution is 5.88. The van der Waals surface area contributed by atoms with Gasteiger partial charge < -0.3 is 15.0 Å². The van der Waals surface area contributed by atoms with E-state index in [-0.39, 0.29) is 5.92 Å². The van der Waals surface area contributed by atoms with E-state index < -0.39 is 5.97 Å². The van der Waals surface area contributed by atoms with Crippen molar-refractivity contribution < 1.29 is 9.90 Å². The van der Waals surface area contributed by atoms with E-state index in [0.717, 1.165) is 26.1 Å². The highest BCUT2D eigenvalue weighted by atomic mass is 16.4. The number of carboxylic acid groups (broad SMARTS) is 1. The fourth-order valence-corrected chi connectivity index (χ4v) is 3.76. The molecule has 2 heterocycles. The maximum Gasteiger partial charge on any atom is 0.306 e. The summed E-state index contributed by atoms with van der Waals surface area (Å²) in [7, 11) is 0. The number of fused-ring (bicyclic) bond motifs is 2. The Hall–Kier alpha value is -1.81. The van der Waals surface area contributed by atoms with Gasteiger partial charge in [0, 0.05) is 36.2 Å². The SMILES string of the molecule is CCCn1c(C)c(CC(CC)C(=O)O)c2cc3c(cc21)CNC3. The lowest BCUT2D eigenvalue weighted by molar-refractivity contribution is -0.141. The number of nitrogens with one attached hydrogen (secondary N) is 1. The van der Waals surface area contributed by atoms with Crippen molar-refractivity contribution in [1.29, 1.82) is 0 Å². The molecule has 3 rings (SSSR count). The first kappa shape index (κ1) is 16.1. The van der Waals surface area contributed by atoms with Crippen LogP contribution in [-0.2, 0) is 30.8 Å². The molecule has 1 aromatic carbocycles. The van der Waals surface area contributed by atoms with E-state index in [1.165, 1.54) is 33.3 Å². The third-order valence-corrected chi connectivity index (χ3v) is 5.15. The molecule has 1 aliphatic heterocycles. The molecular weight excluding hydrogens is 288 g/mol. The van der Waals surface area contributed by atoms with Gasteiger partial charge in [-0.1, -0.05) is 13.8 Å². The summed E-state index contributed by atoms with van der Waals surface area (Å²) in [4.78, 5) is 11.5. The van der Waals surface area contributed by atoms with E-state index in [1.807, 2.05) is 6.92 Å². The van der Waals surface area contributed by atoms with Crippen LogP contribution < -0.4 is 5.32 Å². The van der Waals surface area contributed by atoms with Crippen LogP contribution >= 0.6 is 0 Å². The van der Waals surface area contributed by atoms with Gasteiger partial charge in [-0.05, 0) is 55.0 Å². The largest absolute Gasteiger partial charge is 0.481 e. The molecule has 0 radical (unpaired) electrons. The number of rotatable bonds is 6. The van der Waals surface area contributed by atoms with Crippen molar-refractivity contribution >= 4 is 16.9 Å². The third-order valence-electron chi connectivity index (χ3n) is 5.15. The lowest BCUT2D eigenvalue weighted by Gasteiger charge is -2.11. The van der Waals surface area contributed by atoms with Crippen molar-refractivity contribution in [2.24, 2.45) is 5.92 Å². The zero-order valence-corrected chi connectivity index (χ0v) is 14.3. The van der Waals surface area contributed by atoms with Crippen LogP contribution in [0.5, 0.6) is 0 Å². The van der Waals surface area contributed by atoms with Gasteiger partial charge in [-0.2, -0.15) is 0 Å². The van der Waals surface area contributed by atoms with Crippen molar-refractivity contribution in [3.63, 3.8) is 0 Å². The van der Waals surface area contributed by atoms with E-state index in [9.17, 15) is 9.90 Å². The summed E-state index contributed by atoms with van der Waals surface area (Å²) in [5.74, 6) is -0.994. The number of aliphatic carboxylic acids is 1. The minimum Gasteiger partial charge on any atom is -0.481 e. The van der Waals surface area contributed by atoms with Gasteiger partial charge in [0.05, 0.1) is 5.92 Å². The van der Waals surface area contributed by atoms with Crippen LogP contribution in [0.2, 0.25) is 0 Å². The van der Waals surface area contributed by atoms with Gasteiger partial charge in [0.1, 0.15) is 0 Å². The van der Waals surface area contributed by atoms with E-state index in [1.54, 1.807) is 0 Å². The summed E-state index contributed by atoms with van der Waals surface area (Å²) in [5.41, 5.74) is 6.46. The third kappa shape index (κ3) is 2.76. The summed E-state index contributed by atoms with van der Waals surface area (Å²) < 4.78 is 2.37. The number of aryl methyl sites for hydroxylation is 1. The van der Waals surface area contributed by atoms with Crippen LogP contribution in [0.3, 0.4) is 0 Å². The molecule has 0 spiro atoms. The molecule has 0 fully saturated rings. The Labute approximate surface area is 137 Å². The smallest absolute Gasteiger partial charge is 0.306 e. The molecule has 2 N–H and O–H groups in total. The lowest BCUT2D eigenvalue weighted by Crippen LogP contribution is -2.16. The molecule has 0 saturated carbocycles. The minimum absolute atomic E-state index is 0.305. The molecule has 0 bridgehead atoms. The average molecular weight is 314 g/mol. The van der Waals surface area contributed by atoms with Gasteiger partial charge in [-0.3, -0.25) is 4.79 Å². The second kappa shape index (κ2) is 6.36. The molecular formula is C19H26N2O2. The molecule has 1 aliphatic rings. The fraction of sp³-hybridized carbons (Fsp3) is 0.526. The van der Waals surface area contributed by atoms with Crippen molar-refractivity contribution in [2.45, 2.75) is 59.7 Å². The van der Waals surface area contributed by atoms with Gasteiger partial charge in [-0.15, -0.1) is 0 Å². The normalized spacial score (nSPS) is 15.1. The van der Waals surface area contributed by atoms with Gasteiger partial charge in [0.25, 0.3) is 0 Å². The lowest BCUT2D eigenvalue weighted by atomic mass is 9.94. The highest BCUT2D eigenvalue weighted by Gasteiger charge is 2.23. The average Bonchev–Trinajstić information content (AvgIpc) is 3.07. The molecule has 2 aromatic rings. The molecule has 0 aliphatic carbocycles. The Kier molecular flexibility index (Phi) is 4.44. The van der Waals surface area contributed by atoms with Crippen molar-refractivity contribution in [2.75, 3.05) is 0 Å². The van der Waals surface area contributed by atoms with Crippen LogP contribution in [0.1, 0.15) is 49.1 Å². The number of hydrogen-bond donors (Lipinski definition) is 2. The van der Waals surface area contributed by atoms with E-state index >= 15 is 0 Å². The van der Waals surface area contributed by atoms with Crippen LogP contribution in [0.25, 0.3) is 10.9 Å². The maximum atomic E-state index is 11.5. The van der Waals surface area contributed by atoms with Gasteiger partial charge >= 0.3 is 5.97 Å². The summed E-state index contributed by atoms with van der Waals surface area (Å²) in [5, 5.41) is 14.1. The Balaban J connectivity index is 2.15.